The zero-order chi connectivity index (χ0) is 8.97. The van der Waals surface area contributed by atoms with Gasteiger partial charge in [-0.25, -0.2) is 4.98 Å². The first-order valence-electron chi connectivity index (χ1n) is 3.50. The van der Waals surface area contributed by atoms with E-state index in [1.54, 1.807) is 23.5 Å². The second kappa shape index (κ2) is 4.74. The number of aromatic nitrogens is 1. The van der Waals surface area contributed by atoms with Gasteiger partial charge in [0.15, 0.2) is 0 Å². The van der Waals surface area contributed by atoms with Crippen LogP contribution in [0.25, 0.3) is 0 Å². The van der Waals surface area contributed by atoms with Gasteiger partial charge in [0.05, 0.1) is 16.7 Å². The third kappa shape index (κ3) is 2.40. The standard InChI is InChI=1S/C8H11NOS2/c1-11-7-3-6(5-10)4-8(9-7)12-2/h3-4,10H,5H2,1-2H3. The van der Waals surface area contributed by atoms with Crippen molar-refractivity contribution < 1.29 is 5.11 Å². The lowest BCUT2D eigenvalue weighted by Crippen LogP contribution is -1.89. The van der Waals surface area contributed by atoms with Gasteiger partial charge in [0.2, 0.25) is 0 Å². The summed E-state index contributed by atoms with van der Waals surface area (Å²) in [7, 11) is 0. The van der Waals surface area contributed by atoms with Crippen LogP contribution in [-0.2, 0) is 6.61 Å². The van der Waals surface area contributed by atoms with Crippen molar-refractivity contribution in [3.63, 3.8) is 0 Å². The largest absolute Gasteiger partial charge is 0.392 e. The van der Waals surface area contributed by atoms with Crippen molar-refractivity contribution in [3.05, 3.63) is 17.7 Å². The number of hydrogen-bond acceptors (Lipinski definition) is 4. The van der Waals surface area contributed by atoms with Crippen LogP contribution in [0.2, 0.25) is 0 Å². The van der Waals surface area contributed by atoms with Gasteiger partial charge in [0.1, 0.15) is 0 Å². The quantitative estimate of drug-likeness (QED) is 0.758. The number of thioether (sulfide) groups is 2. The predicted octanol–water partition coefficient (Wildman–Crippen LogP) is 2.02. The Hall–Kier alpha value is -0.190. The Labute approximate surface area is 80.8 Å². The van der Waals surface area contributed by atoms with E-state index in [0.29, 0.717) is 0 Å². The van der Waals surface area contributed by atoms with Gasteiger partial charge in [0, 0.05) is 0 Å². The summed E-state index contributed by atoms with van der Waals surface area (Å²) in [5, 5.41) is 10.9. The van der Waals surface area contributed by atoms with E-state index in [1.165, 1.54) is 0 Å². The molecule has 12 heavy (non-hydrogen) atoms. The number of rotatable bonds is 3. The Morgan fingerprint density at radius 2 is 1.75 bits per heavy atom. The Balaban J connectivity index is 3.01. The summed E-state index contributed by atoms with van der Waals surface area (Å²) < 4.78 is 0. The van der Waals surface area contributed by atoms with Crippen molar-refractivity contribution in [2.24, 2.45) is 0 Å². The molecule has 0 saturated carbocycles. The molecule has 1 heterocycles. The topological polar surface area (TPSA) is 33.1 Å². The molecule has 0 fully saturated rings. The summed E-state index contributed by atoms with van der Waals surface area (Å²) in [5.74, 6) is 0. The molecule has 0 amide bonds. The van der Waals surface area contributed by atoms with Crippen LogP contribution in [0.15, 0.2) is 22.2 Å². The first-order chi connectivity index (χ1) is 5.80. The molecule has 0 saturated heterocycles. The number of aliphatic hydroxyl groups is 1. The van der Waals surface area contributed by atoms with Crippen molar-refractivity contribution in [3.8, 4) is 0 Å². The number of hydrogen-bond donors (Lipinski definition) is 1. The smallest absolute Gasteiger partial charge is 0.0974 e. The molecular formula is C8H11NOS2. The van der Waals surface area contributed by atoms with Crippen LogP contribution in [0.3, 0.4) is 0 Å². The first-order valence-corrected chi connectivity index (χ1v) is 5.95. The maximum Gasteiger partial charge on any atom is 0.0974 e. The van der Waals surface area contributed by atoms with E-state index in [-0.39, 0.29) is 6.61 Å². The fourth-order valence-corrected chi connectivity index (χ4v) is 1.81. The van der Waals surface area contributed by atoms with Crippen molar-refractivity contribution in [2.75, 3.05) is 12.5 Å². The SMILES string of the molecule is CSc1cc(CO)cc(SC)n1. The minimum atomic E-state index is 0.0869. The van der Waals surface area contributed by atoms with Crippen LogP contribution in [0.5, 0.6) is 0 Å². The first kappa shape index (κ1) is 9.89. The minimum absolute atomic E-state index is 0.0869. The second-order valence-electron chi connectivity index (χ2n) is 2.22. The molecular weight excluding hydrogens is 190 g/mol. The van der Waals surface area contributed by atoms with E-state index in [4.69, 9.17) is 5.11 Å². The zero-order valence-electron chi connectivity index (χ0n) is 7.07. The Morgan fingerprint density at radius 1 is 1.25 bits per heavy atom. The lowest BCUT2D eigenvalue weighted by atomic mass is 10.3. The monoisotopic (exact) mass is 201 g/mol. The van der Waals surface area contributed by atoms with E-state index >= 15 is 0 Å². The summed E-state index contributed by atoms with van der Waals surface area (Å²) in [5.41, 5.74) is 0.929. The van der Waals surface area contributed by atoms with E-state index in [0.717, 1.165) is 15.6 Å². The normalized spacial score (nSPS) is 10.2. The molecule has 1 rings (SSSR count). The molecule has 0 bridgehead atoms. The average Bonchev–Trinajstić information content (AvgIpc) is 2.16. The molecule has 0 radical (unpaired) electrons. The molecule has 0 unspecified atom stereocenters. The van der Waals surface area contributed by atoms with Crippen molar-refractivity contribution >= 4 is 23.5 Å². The molecule has 0 aromatic carbocycles. The summed E-state index contributed by atoms with van der Waals surface area (Å²) in [6.07, 6.45) is 3.96. The van der Waals surface area contributed by atoms with Gasteiger partial charge < -0.3 is 5.11 Å². The molecule has 4 heteroatoms. The third-order valence-electron chi connectivity index (χ3n) is 1.44. The van der Waals surface area contributed by atoms with E-state index in [1.807, 2.05) is 24.6 Å². The van der Waals surface area contributed by atoms with Gasteiger partial charge in [-0.15, -0.1) is 23.5 Å². The van der Waals surface area contributed by atoms with Crippen LogP contribution < -0.4 is 0 Å². The predicted molar refractivity (Wildman–Crippen MR) is 53.7 cm³/mol. The highest BCUT2D eigenvalue weighted by Crippen LogP contribution is 2.20. The highest BCUT2D eigenvalue weighted by Gasteiger charge is 1.99. The number of pyridine rings is 1. The van der Waals surface area contributed by atoms with E-state index in [9.17, 15) is 0 Å². The summed E-state index contributed by atoms with van der Waals surface area (Å²) in [6.45, 7) is 0.0869. The van der Waals surface area contributed by atoms with Crippen molar-refractivity contribution in [2.45, 2.75) is 16.7 Å². The summed E-state index contributed by atoms with van der Waals surface area (Å²) in [6, 6.07) is 3.81. The third-order valence-corrected chi connectivity index (χ3v) is 2.69. The van der Waals surface area contributed by atoms with Gasteiger partial charge in [-0.05, 0) is 30.2 Å². The van der Waals surface area contributed by atoms with E-state index in [2.05, 4.69) is 4.98 Å². The van der Waals surface area contributed by atoms with Crippen molar-refractivity contribution in [1.82, 2.24) is 4.98 Å². The Bertz CT molecular complexity index is 210. The van der Waals surface area contributed by atoms with Crippen LogP contribution >= 0.6 is 23.5 Å². The molecule has 0 aliphatic rings. The Kier molecular flexibility index (Phi) is 3.91. The number of nitrogens with zero attached hydrogens (tertiary/aromatic N) is 1. The highest BCUT2D eigenvalue weighted by molar-refractivity contribution is 7.99. The van der Waals surface area contributed by atoms with Gasteiger partial charge >= 0.3 is 0 Å². The molecule has 0 atom stereocenters. The molecule has 1 aromatic rings. The van der Waals surface area contributed by atoms with Gasteiger partial charge in [0.25, 0.3) is 0 Å². The number of aliphatic hydroxyl groups excluding tert-OH is 1. The van der Waals surface area contributed by atoms with Gasteiger partial charge in [-0.3, -0.25) is 0 Å². The van der Waals surface area contributed by atoms with E-state index < -0.39 is 0 Å². The minimum Gasteiger partial charge on any atom is -0.392 e. The average molecular weight is 201 g/mol. The summed E-state index contributed by atoms with van der Waals surface area (Å²) >= 11 is 3.18. The van der Waals surface area contributed by atoms with Crippen LogP contribution in [-0.4, -0.2) is 22.6 Å². The highest BCUT2D eigenvalue weighted by atomic mass is 32.2. The fraction of sp³-hybridized carbons (Fsp3) is 0.375. The molecule has 1 aromatic heterocycles. The summed E-state index contributed by atoms with van der Waals surface area (Å²) in [4.78, 5) is 4.33. The molecule has 0 spiro atoms. The van der Waals surface area contributed by atoms with Gasteiger partial charge in [-0.1, -0.05) is 0 Å². The maximum atomic E-state index is 8.93. The van der Waals surface area contributed by atoms with Crippen molar-refractivity contribution in [1.29, 1.82) is 0 Å². The van der Waals surface area contributed by atoms with Crippen LogP contribution in [0, 0.1) is 0 Å². The molecule has 2 nitrogen and oxygen atoms in total. The zero-order valence-corrected chi connectivity index (χ0v) is 8.71. The fourth-order valence-electron chi connectivity index (χ4n) is 0.832. The van der Waals surface area contributed by atoms with Crippen LogP contribution in [0.1, 0.15) is 5.56 Å². The lowest BCUT2D eigenvalue weighted by molar-refractivity contribution is 0.281. The second-order valence-corrected chi connectivity index (χ2v) is 3.87. The van der Waals surface area contributed by atoms with Gasteiger partial charge in [-0.2, -0.15) is 0 Å². The van der Waals surface area contributed by atoms with Crippen LogP contribution in [0.4, 0.5) is 0 Å². The molecule has 1 N–H and O–H groups in total. The lowest BCUT2D eigenvalue weighted by Gasteiger charge is -2.02. The Morgan fingerprint density at radius 3 is 2.08 bits per heavy atom. The molecule has 0 aliphatic heterocycles. The molecule has 0 aliphatic carbocycles. The molecule has 66 valence electrons. The maximum absolute atomic E-state index is 8.93.